The highest BCUT2D eigenvalue weighted by molar-refractivity contribution is 6.32. The Morgan fingerprint density at radius 1 is 1.38 bits per heavy atom. The average Bonchev–Trinajstić information content (AvgIpc) is 3.04. The molecule has 2 aliphatic heterocycles. The molecule has 6 heteroatoms. The molecule has 1 fully saturated rings. The van der Waals surface area contributed by atoms with Gasteiger partial charge in [-0.25, -0.2) is 0 Å². The number of fused-ring (bicyclic) bond motifs is 1. The molecule has 5 nitrogen and oxygen atoms in total. The highest BCUT2D eigenvalue weighted by Crippen LogP contribution is 2.40. The van der Waals surface area contributed by atoms with Gasteiger partial charge >= 0.3 is 0 Å². The van der Waals surface area contributed by atoms with Crippen LogP contribution in [0.1, 0.15) is 31.7 Å². The summed E-state index contributed by atoms with van der Waals surface area (Å²) in [6.45, 7) is 5.90. The van der Waals surface area contributed by atoms with E-state index in [1.165, 1.54) is 13.0 Å². The van der Waals surface area contributed by atoms with Gasteiger partial charge in [0.1, 0.15) is 0 Å². The number of quaternary nitrogens is 1. The fourth-order valence-corrected chi connectivity index (χ4v) is 3.55. The van der Waals surface area contributed by atoms with Crippen LogP contribution in [-0.2, 0) is 4.79 Å². The summed E-state index contributed by atoms with van der Waals surface area (Å²) in [4.78, 5) is 13.8. The van der Waals surface area contributed by atoms with Crippen molar-refractivity contribution < 1.29 is 19.2 Å². The number of halogens is 1. The Morgan fingerprint density at radius 2 is 2.17 bits per heavy atom. The van der Waals surface area contributed by atoms with E-state index in [1.807, 2.05) is 6.07 Å². The first-order valence-corrected chi connectivity index (χ1v) is 8.94. The van der Waals surface area contributed by atoms with E-state index in [9.17, 15) is 4.79 Å². The monoisotopic (exact) mass is 351 g/mol. The Labute approximate surface area is 147 Å². The molecule has 1 saturated heterocycles. The summed E-state index contributed by atoms with van der Waals surface area (Å²) in [7, 11) is 0. The number of nitrogens with one attached hydrogen (secondary N) is 2. The smallest absolute Gasteiger partial charge is 0.244 e. The summed E-state index contributed by atoms with van der Waals surface area (Å²) in [6, 6.07) is 3.87. The van der Waals surface area contributed by atoms with Crippen LogP contribution in [0.2, 0.25) is 5.02 Å². The number of hydrogen-bond acceptors (Lipinski definition) is 3. The number of rotatable bonds is 5. The first-order valence-electron chi connectivity index (χ1n) is 8.57. The lowest BCUT2D eigenvalue weighted by Crippen LogP contribution is -3.13. The molecule has 0 unspecified atom stereocenters. The largest absolute Gasteiger partial charge is 0.454 e. The van der Waals surface area contributed by atoms with Crippen molar-refractivity contribution in [3.63, 3.8) is 0 Å². The maximum absolute atomic E-state index is 12.1. The van der Waals surface area contributed by atoms with Crippen LogP contribution in [0, 0.1) is 0 Å². The molecule has 1 aromatic carbocycles. The maximum atomic E-state index is 12.1. The highest BCUT2D eigenvalue weighted by atomic mass is 35.5. The van der Waals surface area contributed by atoms with Gasteiger partial charge < -0.3 is 19.7 Å². The van der Waals surface area contributed by atoms with Gasteiger partial charge in [-0.15, -0.1) is 0 Å². The quantitative estimate of drug-likeness (QED) is 0.793. The van der Waals surface area contributed by atoms with E-state index in [4.69, 9.17) is 21.1 Å². The standard InChI is InChI=1S/C18H23ClN2O3/c1-2-7-21-8-5-14(6-9-21)20-17(22)4-3-13-10-15(19)18-16(11-13)23-12-24-18/h3-4,10-11,14H,2,5-9,12H2,1H3,(H,20,22)/p+1/b4-3+. The van der Waals surface area contributed by atoms with Gasteiger partial charge in [0.25, 0.3) is 0 Å². The molecule has 24 heavy (non-hydrogen) atoms. The van der Waals surface area contributed by atoms with E-state index < -0.39 is 0 Å². The average molecular weight is 352 g/mol. The molecular weight excluding hydrogens is 328 g/mol. The predicted molar refractivity (Wildman–Crippen MR) is 93.6 cm³/mol. The summed E-state index contributed by atoms with van der Waals surface area (Å²) in [5.74, 6) is 1.13. The van der Waals surface area contributed by atoms with Crippen LogP contribution in [0.25, 0.3) is 6.08 Å². The zero-order valence-corrected chi connectivity index (χ0v) is 14.7. The van der Waals surface area contributed by atoms with Crippen molar-refractivity contribution in [2.45, 2.75) is 32.2 Å². The van der Waals surface area contributed by atoms with Crippen LogP contribution in [-0.4, -0.2) is 38.4 Å². The third-order valence-corrected chi connectivity index (χ3v) is 4.80. The van der Waals surface area contributed by atoms with Gasteiger partial charge in [-0.3, -0.25) is 4.79 Å². The Hall–Kier alpha value is -1.72. The molecule has 0 spiro atoms. The van der Waals surface area contributed by atoms with Crippen LogP contribution in [0.5, 0.6) is 11.5 Å². The van der Waals surface area contributed by atoms with Gasteiger partial charge in [0.2, 0.25) is 12.7 Å². The molecule has 2 aliphatic rings. The van der Waals surface area contributed by atoms with E-state index in [1.54, 1.807) is 23.1 Å². The Morgan fingerprint density at radius 3 is 2.92 bits per heavy atom. The van der Waals surface area contributed by atoms with Crippen molar-refractivity contribution in [3.8, 4) is 11.5 Å². The molecule has 0 atom stereocenters. The van der Waals surface area contributed by atoms with Gasteiger partial charge in [-0.1, -0.05) is 18.5 Å². The number of likely N-dealkylation sites (tertiary alicyclic amines) is 1. The number of carbonyl (C=O) groups excluding carboxylic acids is 1. The van der Waals surface area contributed by atoms with Crippen LogP contribution in [0.4, 0.5) is 0 Å². The summed E-state index contributed by atoms with van der Waals surface area (Å²) in [5, 5.41) is 3.59. The zero-order valence-electron chi connectivity index (χ0n) is 13.9. The Kier molecular flexibility index (Phi) is 5.63. The number of piperidine rings is 1. The minimum absolute atomic E-state index is 0.0623. The lowest BCUT2D eigenvalue weighted by Gasteiger charge is -2.29. The maximum Gasteiger partial charge on any atom is 0.244 e. The molecule has 130 valence electrons. The number of hydrogen-bond donors (Lipinski definition) is 2. The van der Waals surface area contributed by atoms with E-state index in [2.05, 4.69) is 12.2 Å². The predicted octanol–water partition coefficient (Wildman–Crippen LogP) is 1.66. The number of carbonyl (C=O) groups is 1. The van der Waals surface area contributed by atoms with Crippen molar-refractivity contribution in [2.75, 3.05) is 26.4 Å². The van der Waals surface area contributed by atoms with Gasteiger partial charge in [0.15, 0.2) is 11.5 Å². The van der Waals surface area contributed by atoms with E-state index in [0.717, 1.165) is 31.5 Å². The Balaban J connectivity index is 1.52. The van der Waals surface area contributed by atoms with Gasteiger partial charge in [0, 0.05) is 25.0 Å². The fraction of sp³-hybridized carbons (Fsp3) is 0.500. The second-order valence-electron chi connectivity index (χ2n) is 6.35. The molecule has 0 saturated carbocycles. The molecule has 0 bridgehead atoms. The molecule has 1 amide bonds. The van der Waals surface area contributed by atoms with Crippen molar-refractivity contribution in [1.82, 2.24) is 5.32 Å². The second-order valence-corrected chi connectivity index (χ2v) is 6.76. The topological polar surface area (TPSA) is 52.0 Å². The zero-order chi connectivity index (χ0) is 16.9. The molecular formula is C18H24ClN2O3+. The normalized spacial score (nSPS) is 22.8. The highest BCUT2D eigenvalue weighted by Gasteiger charge is 2.22. The molecule has 0 radical (unpaired) electrons. The molecule has 0 aromatic heterocycles. The number of ether oxygens (including phenoxy) is 2. The van der Waals surface area contributed by atoms with E-state index >= 15 is 0 Å². The molecule has 0 aliphatic carbocycles. The van der Waals surface area contributed by atoms with Crippen LogP contribution in [0.15, 0.2) is 18.2 Å². The third-order valence-electron chi connectivity index (χ3n) is 4.52. The lowest BCUT2D eigenvalue weighted by molar-refractivity contribution is -0.905. The minimum Gasteiger partial charge on any atom is -0.454 e. The van der Waals surface area contributed by atoms with Crippen molar-refractivity contribution in [2.24, 2.45) is 0 Å². The second kappa shape index (κ2) is 7.90. The minimum atomic E-state index is -0.0623. The molecule has 2 heterocycles. The van der Waals surface area contributed by atoms with Crippen LogP contribution < -0.4 is 19.7 Å². The van der Waals surface area contributed by atoms with Gasteiger partial charge in [-0.2, -0.15) is 0 Å². The van der Waals surface area contributed by atoms with Gasteiger partial charge in [0.05, 0.1) is 24.7 Å². The molecule has 2 N–H and O–H groups in total. The summed E-state index contributed by atoms with van der Waals surface area (Å²) >= 11 is 6.14. The first-order chi connectivity index (χ1) is 11.7. The van der Waals surface area contributed by atoms with Gasteiger partial charge in [-0.05, 0) is 30.2 Å². The first kappa shape index (κ1) is 17.1. The van der Waals surface area contributed by atoms with Crippen LogP contribution in [0.3, 0.4) is 0 Å². The summed E-state index contributed by atoms with van der Waals surface area (Å²) in [6.07, 6.45) is 6.61. The number of amides is 1. The van der Waals surface area contributed by atoms with E-state index in [-0.39, 0.29) is 18.7 Å². The number of benzene rings is 1. The van der Waals surface area contributed by atoms with Crippen LogP contribution >= 0.6 is 11.6 Å². The fourth-order valence-electron chi connectivity index (χ4n) is 3.28. The SMILES string of the molecule is CCC[NH+]1CCC(NC(=O)/C=C/c2cc(Cl)c3c(c2)OCO3)CC1. The third kappa shape index (κ3) is 4.22. The Bertz CT molecular complexity index is 625. The lowest BCUT2D eigenvalue weighted by atomic mass is 10.0. The van der Waals surface area contributed by atoms with Crippen molar-refractivity contribution in [3.05, 3.63) is 28.8 Å². The van der Waals surface area contributed by atoms with Crippen molar-refractivity contribution >= 4 is 23.6 Å². The molecule has 1 aromatic rings. The molecule has 3 rings (SSSR count). The summed E-state index contributed by atoms with van der Waals surface area (Å²) < 4.78 is 10.6. The van der Waals surface area contributed by atoms with Crippen molar-refractivity contribution in [1.29, 1.82) is 0 Å². The van der Waals surface area contributed by atoms with E-state index in [0.29, 0.717) is 16.5 Å². The summed E-state index contributed by atoms with van der Waals surface area (Å²) in [5.41, 5.74) is 0.821.